The molecule has 33 heavy (non-hydrogen) atoms. The van der Waals surface area contributed by atoms with Crippen molar-refractivity contribution < 1.29 is 13.2 Å². The molecule has 1 atom stereocenters. The predicted octanol–water partition coefficient (Wildman–Crippen LogP) is 4.42. The van der Waals surface area contributed by atoms with E-state index < -0.39 is 10.0 Å². The molecule has 1 fully saturated rings. The number of aryl methyl sites for hydroxylation is 3. The molecule has 4 rings (SSSR count). The molecule has 0 aromatic heterocycles. The van der Waals surface area contributed by atoms with Crippen molar-refractivity contribution >= 4 is 15.9 Å². The molecule has 1 aliphatic heterocycles. The molecule has 178 valence electrons. The predicted molar refractivity (Wildman–Crippen MR) is 132 cm³/mol. The minimum atomic E-state index is -3.28. The molecule has 0 spiro atoms. The van der Waals surface area contributed by atoms with Crippen LogP contribution in [0.4, 0.5) is 0 Å². The molecule has 2 aromatic carbocycles. The van der Waals surface area contributed by atoms with Crippen molar-refractivity contribution in [2.24, 2.45) is 5.92 Å². The van der Waals surface area contributed by atoms with Gasteiger partial charge in [-0.05, 0) is 80.5 Å². The number of fused-ring (bicyclic) bond motifs is 1. The van der Waals surface area contributed by atoms with Crippen molar-refractivity contribution in [2.45, 2.75) is 64.3 Å². The van der Waals surface area contributed by atoms with Gasteiger partial charge in [-0.3, -0.25) is 4.79 Å². The molecule has 0 bridgehead atoms. The third-order valence-electron chi connectivity index (χ3n) is 7.16. The molecule has 1 unspecified atom stereocenters. The molecule has 2 aromatic rings. The SMILES string of the molecule is CC(NC(=O)C1CCN(S(=O)(=O)CCCc2ccccc2)CC1)c1ccc2c(c1)CCCC2. The van der Waals surface area contributed by atoms with Crippen LogP contribution < -0.4 is 5.32 Å². The third kappa shape index (κ3) is 6.24. The van der Waals surface area contributed by atoms with Crippen LogP contribution in [-0.2, 0) is 34.1 Å². The quantitative estimate of drug-likeness (QED) is 0.624. The molecule has 1 amide bonds. The topological polar surface area (TPSA) is 66.5 Å². The van der Waals surface area contributed by atoms with Crippen molar-refractivity contribution in [1.29, 1.82) is 0 Å². The summed E-state index contributed by atoms with van der Waals surface area (Å²) in [6.45, 7) is 2.90. The maximum atomic E-state index is 12.9. The summed E-state index contributed by atoms with van der Waals surface area (Å²) in [5.41, 5.74) is 5.19. The highest BCUT2D eigenvalue weighted by Crippen LogP contribution is 2.26. The van der Waals surface area contributed by atoms with Gasteiger partial charge in [0.25, 0.3) is 0 Å². The summed E-state index contributed by atoms with van der Waals surface area (Å²) in [6, 6.07) is 16.6. The van der Waals surface area contributed by atoms with Crippen LogP contribution >= 0.6 is 0 Å². The van der Waals surface area contributed by atoms with Crippen LogP contribution in [-0.4, -0.2) is 37.5 Å². The van der Waals surface area contributed by atoms with Gasteiger partial charge in [0.05, 0.1) is 11.8 Å². The smallest absolute Gasteiger partial charge is 0.223 e. The fourth-order valence-corrected chi connectivity index (χ4v) is 6.60. The summed E-state index contributed by atoms with van der Waals surface area (Å²) in [6.07, 6.45) is 7.34. The van der Waals surface area contributed by atoms with Gasteiger partial charge < -0.3 is 5.32 Å². The molecule has 0 radical (unpaired) electrons. The second-order valence-corrected chi connectivity index (χ2v) is 11.6. The summed E-state index contributed by atoms with van der Waals surface area (Å²) in [5, 5.41) is 3.17. The molecule has 6 heteroatoms. The van der Waals surface area contributed by atoms with Gasteiger partial charge in [0.1, 0.15) is 0 Å². The Labute approximate surface area is 198 Å². The normalized spacial score (nSPS) is 18.5. The number of carbonyl (C=O) groups is 1. The zero-order valence-corrected chi connectivity index (χ0v) is 20.4. The molecule has 2 aliphatic rings. The Morgan fingerprint density at radius 1 is 1.03 bits per heavy atom. The van der Waals surface area contributed by atoms with Crippen LogP contribution in [0.1, 0.15) is 67.3 Å². The first-order chi connectivity index (χ1) is 15.9. The average Bonchev–Trinajstić information content (AvgIpc) is 2.84. The number of amides is 1. The zero-order valence-electron chi connectivity index (χ0n) is 19.6. The lowest BCUT2D eigenvalue weighted by Gasteiger charge is -2.31. The van der Waals surface area contributed by atoms with Gasteiger partial charge in [-0.25, -0.2) is 12.7 Å². The van der Waals surface area contributed by atoms with E-state index in [1.54, 1.807) is 4.31 Å². The van der Waals surface area contributed by atoms with Crippen LogP contribution in [0.15, 0.2) is 48.5 Å². The molecule has 1 N–H and O–H groups in total. The van der Waals surface area contributed by atoms with Crippen molar-refractivity contribution in [3.63, 3.8) is 0 Å². The van der Waals surface area contributed by atoms with Crippen LogP contribution in [0, 0.1) is 5.92 Å². The Kier molecular flexibility index (Phi) is 7.86. The van der Waals surface area contributed by atoms with Crippen molar-refractivity contribution in [3.05, 3.63) is 70.8 Å². The Bertz CT molecular complexity index is 1040. The number of nitrogens with one attached hydrogen (secondary N) is 1. The summed E-state index contributed by atoms with van der Waals surface area (Å²) in [4.78, 5) is 12.9. The van der Waals surface area contributed by atoms with E-state index in [-0.39, 0.29) is 23.6 Å². The minimum Gasteiger partial charge on any atom is -0.349 e. The van der Waals surface area contributed by atoms with Gasteiger partial charge >= 0.3 is 0 Å². The van der Waals surface area contributed by atoms with Crippen LogP contribution in [0.5, 0.6) is 0 Å². The van der Waals surface area contributed by atoms with Gasteiger partial charge in [-0.2, -0.15) is 0 Å². The lowest BCUT2D eigenvalue weighted by Crippen LogP contribution is -2.44. The Morgan fingerprint density at radius 3 is 2.45 bits per heavy atom. The number of rotatable bonds is 8. The largest absolute Gasteiger partial charge is 0.349 e. The number of piperidine rings is 1. The second-order valence-electron chi connectivity index (χ2n) is 9.54. The highest BCUT2D eigenvalue weighted by molar-refractivity contribution is 7.89. The summed E-state index contributed by atoms with van der Waals surface area (Å²) < 4.78 is 27.1. The number of benzene rings is 2. The molecule has 1 saturated heterocycles. The maximum Gasteiger partial charge on any atom is 0.223 e. The molecule has 1 aliphatic carbocycles. The lowest BCUT2D eigenvalue weighted by molar-refractivity contribution is -0.126. The van der Waals surface area contributed by atoms with E-state index in [0.717, 1.165) is 30.4 Å². The lowest BCUT2D eigenvalue weighted by atomic mass is 9.89. The van der Waals surface area contributed by atoms with E-state index in [2.05, 4.69) is 23.5 Å². The Hall–Kier alpha value is -2.18. The van der Waals surface area contributed by atoms with E-state index in [1.807, 2.05) is 37.3 Å². The molecule has 0 saturated carbocycles. The summed E-state index contributed by atoms with van der Waals surface area (Å²) >= 11 is 0. The van der Waals surface area contributed by atoms with E-state index in [4.69, 9.17) is 0 Å². The molecule has 1 heterocycles. The maximum absolute atomic E-state index is 12.9. The number of carbonyl (C=O) groups excluding carboxylic acids is 1. The van der Waals surface area contributed by atoms with Crippen molar-refractivity contribution in [3.8, 4) is 0 Å². The number of hydrogen-bond acceptors (Lipinski definition) is 3. The Morgan fingerprint density at radius 2 is 1.73 bits per heavy atom. The molecule has 5 nitrogen and oxygen atoms in total. The summed E-state index contributed by atoms with van der Waals surface area (Å²) in [5.74, 6) is 0.0795. The van der Waals surface area contributed by atoms with E-state index in [1.165, 1.54) is 24.0 Å². The Balaban J connectivity index is 1.24. The first-order valence-electron chi connectivity index (χ1n) is 12.4. The first kappa shape index (κ1) is 24.0. The van der Waals surface area contributed by atoms with Gasteiger partial charge in [-0.15, -0.1) is 0 Å². The second kappa shape index (κ2) is 10.8. The highest BCUT2D eigenvalue weighted by atomic mass is 32.2. The van der Waals surface area contributed by atoms with Gasteiger partial charge in [0, 0.05) is 19.0 Å². The number of sulfonamides is 1. The molecular weight excluding hydrogens is 432 g/mol. The fraction of sp³-hybridized carbons (Fsp3) is 0.519. The van der Waals surface area contributed by atoms with Crippen molar-refractivity contribution in [2.75, 3.05) is 18.8 Å². The standard InChI is InChI=1S/C27H36N2O3S/c1-21(25-14-13-23-11-5-6-12-26(23)20-25)28-27(30)24-15-17-29(18-16-24)33(31,32)19-7-10-22-8-3-2-4-9-22/h2-4,8-9,13-14,20-21,24H,5-7,10-12,15-19H2,1H3,(H,28,30). The minimum absolute atomic E-state index is 0.0375. The van der Waals surface area contributed by atoms with Gasteiger partial charge in [-0.1, -0.05) is 48.5 Å². The van der Waals surface area contributed by atoms with Gasteiger partial charge in [0.2, 0.25) is 15.9 Å². The average molecular weight is 469 g/mol. The number of nitrogens with zero attached hydrogens (tertiary/aromatic N) is 1. The first-order valence-corrected chi connectivity index (χ1v) is 14.0. The van der Waals surface area contributed by atoms with E-state index in [9.17, 15) is 13.2 Å². The number of hydrogen-bond donors (Lipinski definition) is 1. The van der Waals surface area contributed by atoms with E-state index >= 15 is 0 Å². The van der Waals surface area contributed by atoms with Gasteiger partial charge in [0.15, 0.2) is 0 Å². The van der Waals surface area contributed by atoms with Crippen LogP contribution in [0.25, 0.3) is 0 Å². The monoisotopic (exact) mass is 468 g/mol. The van der Waals surface area contributed by atoms with Crippen molar-refractivity contribution in [1.82, 2.24) is 9.62 Å². The van der Waals surface area contributed by atoms with Crippen LogP contribution in [0.2, 0.25) is 0 Å². The third-order valence-corrected chi connectivity index (χ3v) is 9.12. The zero-order chi connectivity index (χ0) is 23.3. The fourth-order valence-electron chi connectivity index (χ4n) is 5.07. The van der Waals surface area contributed by atoms with Crippen LogP contribution in [0.3, 0.4) is 0 Å². The summed E-state index contributed by atoms with van der Waals surface area (Å²) in [7, 11) is -3.28. The molecular formula is C27H36N2O3S. The van der Waals surface area contributed by atoms with E-state index in [0.29, 0.717) is 32.4 Å². The highest BCUT2D eigenvalue weighted by Gasteiger charge is 2.31.